The smallest absolute Gasteiger partial charge is 0.272 e. The van der Waals surface area contributed by atoms with Gasteiger partial charge in [0.05, 0.1) is 6.04 Å². The second-order valence-electron chi connectivity index (χ2n) is 4.91. The Bertz CT molecular complexity index is 597. The van der Waals surface area contributed by atoms with Crippen LogP contribution in [0.2, 0.25) is 0 Å². The molecule has 3 rings (SSSR count). The van der Waals surface area contributed by atoms with Gasteiger partial charge in [0.1, 0.15) is 24.2 Å². The van der Waals surface area contributed by atoms with E-state index < -0.39 is 0 Å². The van der Waals surface area contributed by atoms with E-state index in [2.05, 4.69) is 20.1 Å². The minimum absolute atomic E-state index is 0.0414. The van der Waals surface area contributed by atoms with Crippen LogP contribution in [0, 0.1) is 6.92 Å². The molecule has 104 valence electrons. The van der Waals surface area contributed by atoms with Gasteiger partial charge in [-0.05, 0) is 25.8 Å². The van der Waals surface area contributed by atoms with E-state index in [1.807, 2.05) is 9.58 Å². The predicted molar refractivity (Wildman–Crippen MR) is 71.0 cm³/mol. The summed E-state index contributed by atoms with van der Waals surface area (Å²) in [7, 11) is 0. The molecule has 1 aliphatic rings. The number of carbonyl (C=O) groups excluding carboxylic acids is 1. The molecule has 7 heteroatoms. The number of hydrogen-bond acceptors (Lipinski definition) is 5. The van der Waals surface area contributed by atoms with Crippen molar-refractivity contribution >= 4 is 5.91 Å². The van der Waals surface area contributed by atoms with Crippen molar-refractivity contribution in [1.29, 1.82) is 0 Å². The minimum atomic E-state index is -0.0414. The lowest BCUT2D eigenvalue weighted by atomic mass is 10.1. The highest BCUT2D eigenvalue weighted by atomic mass is 16.2. The van der Waals surface area contributed by atoms with Crippen molar-refractivity contribution in [3.8, 4) is 0 Å². The maximum absolute atomic E-state index is 12.5. The number of aromatic nitrogens is 5. The second kappa shape index (κ2) is 5.36. The van der Waals surface area contributed by atoms with Crippen molar-refractivity contribution < 1.29 is 4.79 Å². The average molecular weight is 272 g/mol. The fraction of sp³-hybridized carbons (Fsp3) is 0.462. The molecule has 0 radical (unpaired) electrons. The number of carbonyl (C=O) groups is 1. The summed E-state index contributed by atoms with van der Waals surface area (Å²) in [6.45, 7) is 3.18. The van der Waals surface area contributed by atoms with Crippen LogP contribution in [0.1, 0.15) is 35.2 Å². The number of rotatable bonds is 2. The van der Waals surface area contributed by atoms with Crippen molar-refractivity contribution in [2.45, 2.75) is 25.8 Å². The summed E-state index contributed by atoms with van der Waals surface area (Å²) in [6, 6.07) is 1.85. The molecule has 3 heterocycles. The molecular weight excluding hydrogens is 256 g/mol. The monoisotopic (exact) mass is 272 g/mol. The van der Waals surface area contributed by atoms with Crippen molar-refractivity contribution in [3.63, 3.8) is 0 Å². The van der Waals surface area contributed by atoms with E-state index in [1.165, 1.54) is 6.33 Å². The van der Waals surface area contributed by atoms with Gasteiger partial charge in [-0.3, -0.25) is 4.79 Å². The number of likely N-dealkylation sites (tertiary alicyclic amines) is 1. The number of amides is 1. The number of piperidine rings is 1. The van der Waals surface area contributed by atoms with Gasteiger partial charge in [0.2, 0.25) is 0 Å². The third-order valence-electron chi connectivity index (χ3n) is 3.49. The molecular formula is C13H16N6O. The summed E-state index contributed by atoms with van der Waals surface area (Å²) in [5, 5.41) is 4.16. The summed E-state index contributed by atoms with van der Waals surface area (Å²) in [5.74, 6) is 0.570. The Morgan fingerprint density at radius 3 is 3.10 bits per heavy atom. The summed E-state index contributed by atoms with van der Waals surface area (Å²) in [6.07, 6.45) is 6.81. The zero-order valence-corrected chi connectivity index (χ0v) is 11.3. The van der Waals surface area contributed by atoms with Crippen LogP contribution in [0.15, 0.2) is 24.9 Å². The fourth-order valence-corrected chi connectivity index (χ4v) is 2.50. The Labute approximate surface area is 116 Å². The van der Waals surface area contributed by atoms with Gasteiger partial charge in [0.25, 0.3) is 5.91 Å². The molecule has 2 aromatic rings. The van der Waals surface area contributed by atoms with Crippen molar-refractivity contribution in [2.75, 3.05) is 13.1 Å². The molecule has 1 atom stereocenters. The van der Waals surface area contributed by atoms with Crippen LogP contribution < -0.4 is 0 Å². The van der Waals surface area contributed by atoms with Crippen molar-refractivity contribution in [2.24, 2.45) is 0 Å². The van der Waals surface area contributed by atoms with E-state index >= 15 is 0 Å². The van der Waals surface area contributed by atoms with Crippen LogP contribution >= 0.6 is 0 Å². The zero-order chi connectivity index (χ0) is 13.9. The lowest BCUT2D eigenvalue weighted by Crippen LogP contribution is -2.41. The highest BCUT2D eigenvalue weighted by molar-refractivity contribution is 5.92. The van der Waals surface area contributed by atoms with Gasteiger partial charge in [0.15, 0.2) is 0 Å². The first-order valence-corrected chi connectivity index (χ1v) is 6.67. The molecule has 1 saturated heterocycles. The van der Waals surface area contributed by atoms with E-state index in [9.17, 15) is 4.79 Å². The maximum Gasteiger partial charge on any atom is 0.272 e. The van der Waals surface area contributed by atoms with E-state index in [1.54, 1.807) is 25.5 Å². The van der Waals surface area contributed by atoms with Gasteiger partial charge < -0.3 is 4.90 Å². The molecule has 7 nitrogen and oxygen atoms in total. The third-order valence-corrected chi connectivity index (χ3v) is 3.49. The van der Waals surface area contributed by atoms with Crippen LogP contribution in [-0.2, 0) is 0 Å². The molecule has 1 fully saturated rings. The van der Waals surface area contributed by atoms with Gasteiger partial charge in [0, 0.05) is 19.3 Å². The minimum Gasteiger partial charge on any atom is -0.335 e. The third kappa shape index (κ3) is 2.52. The largest absolute Gasteiger partial charge is 0.335 e. The van der Waals surface area contributed by atoms with E-state index in [-0.39, 0.29) is 11.9 Å². The molecule has 1 aliphatic heterocycles. The number of aryl methyl sites for hydroxylation is 1. The Morgan fingerprint density at radius 1 is 1.45 bits per heavy atom. The lowest BCUT2D eigenvalue weighted by Gasteiger charge is -2.32. The first kappa shape index (κ1) is 12.7. The molecule has 0 aliphatic carbocycles. The van der Waals surface area contributed by atoms with Crippen LogP contribution in [0.5, 0.6) is 0 Å². The maximum atomic E-state index is 12.5. The number of nitrogens with zero attached hydrogens (tertiary/aromatic N) is 6. The zero-order valence-electron chi connectivity index (χ0n) is 11.3. The van der Waals surface area contributed by atoms with E-state index in [4.69, 9.17) is 0 Å². The van der Waals surface area contributed by atoms with Crippen LogP contribution in [0.25, 0.3) is 0 Å². The molecule has 0 unspecified atom stereocenters. The SMILES string of the molecule is Cc1nccc(C(=O)N2CCC[C@@H](n3cncn3)C2)n1. The Morgan fingerprint density at radius 2 is 2.35 bits per heavy atom. The number of hydrogen-bond donors (Lipinski definition) is 0. The summed E-state index contributed by atoms with van der Waals surface area (Å²) < 4.78 is 1.82. The summed E-state index contributed by atoms with van der Waals surface area (Å²) in [5.41, 5.74) is 0.455. The summed E-state index contributed by atoms with van der Waals surface area (Å²) in [4.78, 5) is 26.5. The molecule has 1 amide bonds. The van der Waals surface area contributed by atoms with E-state index in [0.717, 1.165) is 19.4 Å². The predicted octanol–water partition coefficient (Wildman–Crippen LogP) is 0.854. The Hall–Kier alpha value is -2.31. The normalized spacial score (nSPS) is 19.1. The first-order chi connectivity index (χ1) is 9.74. The molecule has 0 spiro atoms. The average Bonchev–Trinajstić information content (AvgIpc) is 3.01. The van der Waals surface area contributed by atoms with Crippen LogP contribution in [-0.4, -0.2) is 48.6 Å². The quantitative estimate of drug-likeness (QED) is 0.810. The topological polar surface area (TPSA) is 76.8 Å². The van der Waals surface area contributed by atoms with Gasteiger partial charge >= 0.3 is 0 Å². The Kier molecular flexibility index (Phi) is 3.41. The molecule has 20 heavy (non-hydrogen) atoms. The van der Waals surface area contributed by atoms with Crippen LogP contribution in [0.4, 0.5) is 0 Å². The van der Waals surface area contributed by atoms with Crippen molar-refractivity contribution in [3.05, 3.63) is 36.4 Å². The summed E-state index contributed by atoms with van der Waals surface area (Å²) >= 11 is 0. The first-order valence-electron chi connectivity index (χ1n) is 6.67. The standard InChI is InChI=1S/C13H16N6O/c1-10-15-5-4-12(17-10)13(20)18-6-2-3-11(7-18)19-9-14-8-16-19/h4-5,8-9,11H,2-3,6-7H2,1H3/t11-/m1/s1. The van der Waals surface area contributed by atoms with Gasteiger partial charge in [-0.2, -0.15) is 5.10 Å². The Balaban J connectivity index is 1.75. The van der Waals surface area contributed by atoms with Gasteiger partial charge in [-0.1, -0.05) is 0 Å². The molecule has 0 aromatic carbocycles. The molecule has 2 aromatic heterocycles. The van der Waals surface area contributed by atoms with Crippen molar-refractivity contribution in [1.82, 2.24) is 29.6 Å². The highest BCUT2D eigenvalue weighted by Crippen LogP contribution is 2.21. The molecule has 0 N–H and O–H groups in total. The fourth-order valence-electron chi connectivity index (χ4n) is 2.50. The molecule has 0 saturated carbocycles. The molecule has 0 bridgehead atoms. The highest BCUT2D eigenvalue weighted by Gasteiger charge is 2.26. The van der Waals surface area contributed by atoms with Gasteiger partial charge in [-0.25, -0.2) is 19.6 Å². The lowest BCUT2D eigenvalue weighted by molar-refractivity contribution is 0.0666. The van der Waals surface area contributed by atoms with Crippen LogP contribution in [0.3, 0.4) is 0 Å². The van der Waals surface area contributed by atoms with E-state index in [0.29, 0.717) is 18.1 Å². The second-order valence-corrected chi connectivity index (χ2v) is 4.91. The van der Waals surface area contributed by atoms with Gasteiger partial charge in [-0.15, -0.1) is 0 Å².